The smallest absolute Gasteiger partial charge is 0.255 e. The second kappa shape index (κ2) is 8.94. The molecule has 1 aliphatic rings. The van der Waals surface area contributed by atoms with Gasteiger partial charge in [-0.05, 0) is 55.7 Å². The average Bonchev–Trinajstić information content (AvgIpc) is 2.73. The number of sulfonamides is 1. The highest BCUT2D eigenvalue weighted by atomic mass is 32.2. The zero-order chi connectivity index (χ0) is 21.0. The van der Waals surface area contributed by atoms with Crippen LogP contribution in [0.25, 0.3) is 0 Å². The lowest BCUT2D eigenvalue weighted by Crippen LogP contribution is -2.42. The van der Waals surface area contributed by atoms with Crippen molar-refractivity contribution in [1.29, 1.82) is 0 Å². The van der Waals surface area contributed by atoms with Gasteiger partial charge in [-0.15, -0.1) is 0 Å². The fraction of sp³-hybridized carbons (Fsp3) is 0.381. The van der Waals surface area contributed by atoms with Gasteiger partial charge < -0.3 is 15.2 Å². The van der Waals surface area contributed by atoms with Gasteiger partial charge >= 0.3 is 0 Å². The molecular weight excluding hydrogens is 392 g/mol. The van der Waals surface area contributed by atoms with Crippen molar-refractivity contribution in [3.63, 3.8) is 0 Å². The van der Waals surface area contributed by atoms with Crippen molar-refractivity contribution < 1.29 is 23.1 Å². The van der Waals surface area contributed by atoms with E-state index in [4.69, 9.17) is 4.74 Å². The fourth-order valence-electron chi connectivity index (χ4n) is 3.53. The summed E-state index contributed by atoms with van der Waals surface area (Å²) in [4.78, 5) is 12.7. The Hall–Kier alpha value is -2.42. The normalized spacial score (nSPS) is 17.7. The molecule has 0 aromatic heterocycles. The van der Waals surface area contributed by atoms with Gasteiger partial charge in [0.1, 0.15) is 10.6 Å². The average molecular weight is 419 g/mol. The van der Waals surface area contributed by atoms with E-state index >= 15 is 0 Å². The molecule has 0 radical (unpaired) electrons. The Morgan fingerprint density at radius 2 is 2.03 bits per heavy atom. The van der Waals surface area contributed by atoms with Crippen molar-refractivity contribution in [2.24, 2.45) is 0 Å². The summed E-state index contributed by atoms with van der Waals surface area (Å²) in [5, 5.41) is 12.0. The van der Waals surface area contributed by atoms with Crippen molar-refractivity contribution in [3.8, 4) is 5.75 Å². The van der Waals surface area contributed by atoms with Gasteiger partial charge in [0, 0.05) is 23.8 Å². The predicted octanol–water partition coefficient (Wildman–Crippen LogP) is 3.00. The molecule has 1 atom stereocenters. The molecule has 29 heavy (non-hydrogen) atoms. The molecule has 156 valence electrons. The van der Waals surface area contributed by atoms with Crippen molar-refractivity contribution in [1.82, 2.24) is 4.31 Å². The first-order chi connectivity index (χ1) is 13.9. The van der Waals surface area contributed by atoms with Gasteiger partial charge in [0.15, 0.2) is 0 Å². The zero-order valence-corrected chi connectivity index (χ0v) is 17.4. The Morgan fingerprint density at radius 3 is 2.72 bits per heavy atom. The van der Waals surface area contributed by atoms with E-state index in [2.05, 4.69) is 5.32 Å². The maximum Gasteiger partial charge on any atom is 0.255 e. The van der Waals surface area contributed by atoms with Gasteiger partial charge in [0.05, 0.1) is 13.7 Å². The van der Waals surface area contributed by atoms with E-state index in [0.717, 1.165) is 19.3 Å². The van der Waals surface area contributed by atoms with E-state index < -0.39 is 15.9 Å². The molecule has 0 aliphatic carbocycles. The number of hydrogen-bond acceptors (Lipinski definition) is 5. The number of benzene rings is 2. The number of carbonyl (C=O) groups excluding carboxylic acids is 1. The quantitative estimate of drug-likeness (QED) is 0.752. The second-order valence-corrected chi connectivity index (χ2v) is 9.00. The van der Waals surface area contributed by atoms with E-state index in [1.807, 2.05) is 6.92 Å². The second-order valence-electron chi connectivity index (χ2n) is 7.14. The summed E-state index contributed by atoms with van der Waals surface area (Å²) >= 11 is 0. The first kappa shape index (κ1) is 21.3. The molecule has 0 bridgehead atoms. The Kier molecular flexibility index (Phi) is 6.56. The summed E-state index contributed by atoms with van der Waals surface area (Å²) < 4.78 is 33.3. The van der Waals surface area contributed by atoms with E-state index in [-0.39, 0.29) is 28.9 Å². The number of hydrogen-bond donors (Lipinski definition) is 2. The summed E-state index contributed by atoms with van der Waals surface area (Å²) in [6, 6.07) is 11.1. The molecular formula is C21H26N2O5S. The monoisotopic (exact) mass is 418 g/mol. The van der Waals surface area contributed by atoms with Crippen LogP contribution < -0.4 is 10.1 Å². The highest BCUT2D eigenvalue weighted by molar-refractivity contribution is 7.89. The van der Waals surface area contributed by atoms with Crippen molar-refractivity contribution in [3.05, 3.63) is 53.6 Å². The van der Waals surface area contributed by atoms with Gasteiger partial charge in [0.2, 0.25) is 10.0 Å². The van der Waals surface area contributed by atoms with Crippen LogP contribution in [0.15, 0.2) is 47.4 Å². The number of anilines is 1. The minimum absolute atomic E-state index is 0.00879. The van der Waals surface area contributed by atoms with Gasteiger partial charge in [0.25, 0.3) is 5.91 Å². The summed E-state index contributed by atoms with van der Waals surface area (Å²) in [7, 11) is -2.39. The summed E-state index contributed by atoms with van der Waals surface area (Å²) in [5.41, 5.74) is 1.40. The minimum atomic E-state index is -3.80. The molecule has 1 saturated heterocycles. The molecule has 2 aromatic carbocycles. The number of nitrogens with one attached hydrogen (secondary N) is 1. The molecule has 8 heteroatoms. The number of nitrogens with zero attached hydrogens (tertiary/aromatic N) is 1. The zero-order valence-electron chi connectivity index (χ0n) is 16.6. The molecule has 7 nitrogen and oxygen atoms in total. The Morgan fingerprint density at radius 1 is 1.24 bits per heavy atom. The molecule has 0 saturated carbocycles. The first-order valence-electron chi connectivity index (χ1n) is 9.58. The standard InChI is InChI=1S/C21H26N2O5S/c1-15-6-3-4-11-23(15)29(26,27)20-13-17(9-10-19(20)28-2)21(25)22-18-8-5-7-16(12-18)14-24/h5,7-10,12-13,15,24H,3-4,6,11,14H2,1-2H3,(H,22,25)/t15-/m0/s1. The Balaban J connectivity index is 1.93. The lowest BCUT2D eigenvalue weighted by atomic mass is 10.1. The minimum Gasteiger partial charge on any atom is -0.495 e. The van der Waals surface area contributed by atoms with Crippen molar-refractivity contribution in [2.45, 2.75) is 43.7 Å². The van der Waals surface area contributed by atoms with E-state index in [1.54, 1.807) is 24.3 Å². The summed E-state index contributed by atoms with van der Waals surface area (Å²) in [6.45, 7) is 2.22. The van der Waals surface area contributed by atoms with Crippen LogP contribution in [0.5, 0.6) is 5.75 Å². The molecule has 1 aliphatic heterocycles. The van der Waals surface area contributed by atoms with Crippen LogP contribution in [0, 0.1) is 0 Å². The summed E-state index contributed by atoms with van der Waals surface area (Å²) in [5.74, 6) is -0.229. The molecule has 3 rings (SSSR count). The highest BCUT2D eigenvalue weighted by Gasteiger charge is 2.33. The maximum atomic E-state index is 13.3. The van der Waals surface area contributed by atoms with Gasteiger partial charge in [-0.3, -0.25) is 4.79 Å². The van der Waals surface area contributed by atoms with Crippen molar-refractivity contribution >= 4 is 21.6 Å². The third-order valence-corrected chi connectivity index (χ3v) is 7.16. The molecule has 1 heterocycles. The third kappa shape index (κ3) is 4.60. The highest BCUT2D eigenvalue weighted by Crippen LogP contribution is 2.32. The number of methoxy groups -OCH3 is 1. The summed E-state index contributed by atoms with van der Waals surface area (Å²) in [6.07, 6.45) is 2.62. The third-order valence-electron chi connectivity index (χ3n) is 5.12. The molecule has 0 spiro atoms. The van der Waals surface area contributed by atoms with Crippen LogP contribution in [0.4, 0.5) is 5.69 Å². The SMILES string of the molecule is COc1ccc(C(=O)Nc2cccc(CO)c2)cc1S(=O)(=O)N1CCCC[C@@H]1C. The van der Waals surface area contributed by atoms with Crippen LogP contribution >= 0.6 is 0 Å². The molecule has 1 amide bonds. The number of piperidine rings is 1. The fourth-order valence-corrected chi connectivity index (χ4v) is 5.41. The largest absolute Gasteiger partial charge is 0.495 e. The maximum absolute atomic E-state index is 13.3. The molecule has 2 aromatic rings. The number of ether oxygens (including phenoxy) is 1. The lowest BCUT2D eigenvalue weighted by molar-refractivity contribution is 0.102. The number of carbonyl (C=O) groups is 1. The first-order valence-corrected chi connectivity index (χ1v) is 11.0. The topological polar surface area (TPSA) is 95.9 Å². The van der Waals surface area contributed by atoms with Gasteiger partial charge in [-0.2, -0.15) is 4.31 Å². The molecule has 2 N–H and O–H groups in total. The Bertz CT molecular complexity index is 990. The van der Waals surface area contributed by atoms with E-state index in [0.29, 0.717) is 17.8 Å². The van der Waals surface area contributed by atoms with Crippen LogP contribution in [0.1, 0.15) is 42.1 Å². The number of rotatable bonds is 6. The number of amides is 1. The van der Waals surface area contributed by atoms with Crippen LogP contribution in [-0.4, -0.2) is 43.4 Å². The molecule has 0 unspecified atom stereocenters. The van der Waals surface area contributed by atoms with Crippen molar-refractivity contribution in [2.75, 3.05) is 19.0 Å². The van der Waals surface area contributed by atoms with Crippen LogP contribution in [0.2, 0.25) is 0 Å². The van der Waals surface area contributed by atoms with Crippen LogP contribution in [0.3, 0.4) is 0 Å². The molecule has 1 fully saturated rings. The van der Waals surface area contributed by atoms with Gasteiger partial charge in [-0.1, -0.05) is 18.6 Å². The Labute approximate surface area is 171 Å². The van der Waals surface area contributed by atoms with Gasteiger partial charge in [-0.25, -0.2) is 8.42 Å². The lowest BCUT2D eigenvalue weighted by Gasteiger charge is -2.32. The van der Waals surface area contributed by atoms with Crippen LogP contribution in [-0.2, 0) is 16.6 Å². The van der Waals surface area contributed by atoms with E-state index in [1.165, 1.54) is 29.6 Å². The number of aliphatic hydroxyl groups excluding tert-OH is 1. The predicted molar refractivity (Wildman–Crippen MR) is 111 cm³/mol. The number of aliphatic hydroxyl groups is 1. The van der Waals surface area contributed by atoms with E-state index in [9.17, 15) is 18.3 Å².